The number of halogens is 1. The number of oxazole rings is 1. The number of fused-ring (bicyclic) bond motifs is 1. The van der Waals surface area contributed by atoms with Gasteiger partial charge in [-0.1, -0.05) is 11.6 Å². The molecular weight excluding hydrogens is 326 g/mol. The SMILES string of the molecule is O=C(CC1CCCN(c2nc3ccc(Cl)cc3o2)C1)NC1CCC1. The zero-order valence-electron chi connectivity index (χ0n) is 13.6. The molecule has 1 atom stereocenters. The minimum atomic E-state index is 0.191. The predicted molar refractivity (Wildman–Crippen MR) is 94.4 cm³/mol. The van der Waals surface area contributed by atoms with Crippen molar-refractivity contribution in [3.63, 3.8) is 0 Å². The van der Waals surface area contributed by atoms with Gasteiger partial charge in [0.1, 0.15) is 5.52 Å². The Morgan fingerprint density at radius 2 is 2.21 bits per heavy atom. The van der Waals surface area contributed by atoms with Crippen molar-refractivity contribution in [2.45, 2.75) is 44.6 Å². The van der Waals surface area contributed by atoms with Gasteiger partial charge in [-0.05, 0) is 50.2 Å². The second-order valence-electron chi connectivity index (χ2n) is 6.96. The van der Waals surface area contributed by atoms with E-state index in [0.717, 1.165) is 44.3 Å². The molecule has 1 aliphatic heterocycles. The van der Waals surface area contributed by atoms with Crippen molar-refractivity contribution in [2.75, 3.05) is 18.0 Å². The fraction of sp³-hybridized carbons (Fsp3) is 0.556. The summed E-state index contributed by atoms with van der Waals surface area (Å²) in [4.78, 5) is 18.9. The molecule has 0 bridgehead atoms. The van der Waals surface area contributed by atoms with Crippen LogP contribution in [0.3, 0.4) is 0 Å². The summed E-state index contributed by atoms with van der Waals surface area (Å²) in [5, 5.41) is 3.78. The first-order valence-corrected chi connectivity index (χ1v) is 9.15. The van der Waals surface area contributed by atoms with Crippen LogP contribution in [0.4, 0.5) is 6.01 Å². The van der Waals surface area contributed by atoms with Crippen molar-refractivity contribution >= 4 is 34.6 Å². The Morgan fingerprint density at radius 1 is 1.33 bits per heavy atom. The molecule has 1 aromatic heterocycles. The fourth-order valence-electron chi connectivity index (χ4n) is 3.53. The number of anilines is 1. The summed E-state index contributed by atoms with van der Waals surface area (Å²) < 4.78 is 5.86. The summed E-state index contributed by atoms with van der Waals surface area (Å²) in [6, 6.07) is 6.54. The lowest BCUT2D eigenvalue weighted by Gasteiger charge is -2.32. The monoisotopic (exact) mass is 347 g/mol. The maximum atomic E-state index is 12.2. The van der Waals surface area contributed by atoms with E-state index in [9.17, 15) is 4.79 Å². The number of benzene rings is 1. The second-order valence-corrected chi connectivity index (χ2v) is 7.40. The van der Waals surface area contributed by atoms with Crippen molar-refractivity contribution in [3.05, 3.63) is 23.2 Å². The number of carbonyl (C=O) groups excluding carboxylic acids is 1. The van der Waals surface area contributed by atoms with E-state index < -0.39 is 0 Å². The quantitative estimate of drug-likeness (QED) is 0.915. The molecule has 1 aliphatic carbocycles. The van der Waals surface area contributed by atoms with Crippen LogP contribution >= 0.6 is 11.6 Å². The molecule has 5 nitrogen and oxygen atoms in total. The number of hydrogen-bond acceptors (Lipinski definition) is 4. The number of nitrogens with one attached hydrogen (secondary N) is 1. The average molecular weight is 348 g/mol. The van der Waals surface area contributed by atoms with Crippen molar-refractivity contribution in [3.8, 4) is 0 Å². The van der Waals surface area contributed by atoms with E-state index in [0.29, 0.717) is 35.0 Å². The summed E-state index contributed by atoms with van der Waals surface area (Å²) in [5.41, 5.74) is 1.53. The normalized spacial score (nSPS) is 21.7. The first kappa shape index (κ1) is 15.8. The topological polar surface area (TPSA) is 58.4 Å². The molecule has 128 valence electrons. The number of hydrogen-bond donors (Lipinski definition) is 1. The van der Waals surface area contributed by atoms with Crippen LogP contribution in [-0.4, -0.2) is 30.0 Å². The molecule has 2 fully saturated rings. The Labute approximate surface area is 146 Å². The van der Waals surface area contributed by atoms with Gasteiger partial charge in [-0.2, -0.15) is 4.98 Å². The first-order valence-electron chi connectivity index (χ1n) is 8.78. The summed E-state index contributed by atoms with van der Waals surface area (Å²) in [7, 11) is 0. The Morgan fingerprint density at radius 3 is 3.00 bits per heavy atom. The van der Waals surface area contributed by atoms with Crippen LogP contribution in [0.1, 0.15) is 38.5 Å². The molecule has 1 unspecified atom stereocenters. The lowest BCUT2D eigenvalue weighted by Crippen LogP contribution is -2.42. The zero-order chi connectivity index (χ0) is 16.5. The van der Waals surface area contributed by atoms with Crippen molar-refractivity contribution in [1.82, 2.24) is 10.3 Å². The van der Waals surface area contributed by atoms with E-state index in [2.05, 4.69) is 15.2 Å². The van der Waals surface area contributed by atoms with Crippen molar-refractivity contribution in [2.24, 2.45) is 5.92 Å². The van der Waals surface area contributed by atoms with Crippen LogP contribution in [0.5, 0.6) is 0 Å². The number of rotatable bonds is 4. The summed E-state index contributed by atoms with van der Waals surface area (Å²) in [6.45, 7) is 1.74. The van der Waals surface area contributed by atoms with Gasteiger partial charge in [0.05, 0.1) is 0 Å². The van der Waals surface area contributed by atoms with Gasteiger partial charge < -0.3 is 14.6 Å². The maximum Gasteiger partial charge on any atom is 0.298 e. The number of amides is 1. The molecule has 0 spiro atoms. The highest BCUT2D eigenvalue weighted by Crippen LogP contribution is 2.29. The van der Waals surface area contributed by atoms with Crippen molar-refractivity contribution in [1.29, 1.82) is 0 Å². The molecule has 1 aromatic carbocycles. The van der Waals surface area contributed by atoms with Gasteiger partial charge in [0.2, 0.25) is 5.91 Å². The van der Waals surface area contributed by atoms with Crippen LogP contribution < -0.4 is 10.2 Å². The lowest BCUT2D eigenvalue weighted by molar-refractivity contribution is -0.123. The largest absolute Gasteiger partial charge is 0.423 e. The van der Waals surface area contributed by atoms with Gasteiger partial charge >= 0.3 is 0 Å². The van der Waals surface area contributed by atoms with E-state index >= 15 is 0 Å². The molecule has 2 heterocycles. The third-order valence-corrected chi connectivity index (χ3v) is 5.31. The molecular formula is C18H22ClN3O2. The van der Waals surface area contributed by atoms with E-state index in [1.807, 2.05) is 12.1 Å². The van der Waals surface area contributed by atoms with Crippen LogP contribution in [0.2, 0.25) is 5.02 Å². The highest BCUT2D eigenvalue weighted by Gasteiger charge is 2.27. The third kappa shape index (κ3) is 3.36. The van der Waals surface area contributed by atoms with E-state index in [1.165, 1.54) is 6.42 Å². The van der Waals surface area contributed by atoms with Gasteiger partial charge in [-0.3, -0.25) is 4.79 Å². The number of piperidine rings is 1. The second kappa shape index (κ2) is 6.63. The molecule has 2 aliphatic rings. The summed E-state index contributed by atoms with van der Waals surface area (Å²) in [5.74, 6) is 0.549. The first-order chi connectivity index (χ1) is 11.7. The highest BCUT2D eigenvalue weighted by molar-refractivity contribution is 6.31. The smallest absolute Gasteiger partial charge is 0.298 e. The van der Waals surface area contributed by atoms with Gasteiger partial charge in [-0.25, -0.2) is 0 Å². The van der Waals surface area contributed by atoms with Crippen LogP contribution in [0, 0.1) is 5.92 Å². The summed E-state index contributed by atoms with van der Waals surface area (Å²) >= 11 is 6.01. The van der Waals surface area contributed by atoms with Gasteiger partial charge in [0.25, 0.3) is 6.01 Å². The van der Waals surface area contributed by atoms with Crippen LogP contribution in [0.25, 0.3) is 11.1 Å². The van der Waals surface area contributed by atoms with Gasteiger partial charge in [0.15, 0.2) is 5.58 Å². The molecule has 1 saturated heterocycles. The van der Waals surface area contributed by atoms with Crippen molar-refractivity contribution < 1.29 is 9.21 Å². The molecule has 1 N–H and O–H groups in total. The Bertz CT molecular complexity index is 741. The number of aromatic nitrogens is 1. The third-order valence-electron chi connectivity index (χ3n) is 5.07. The van der Waals surface area contributed by atoms with E-state index in [1.54, 1.807) is 6.07 Å². The molecule has 6 heteroatoms. The predicted octanol–water partition coefficient (Wildman–Crippen LogP) is 3.76. The van der Waals surface area contributed by atoms with Crippen LogP contribution in [0.15, 0.2) is 22.6 Å². The maximum absolute atomic E-state index is 12.2. The minimum absolute atomic E-state index is 0.191. The van der Waals surface area contributed by atoms with Gasteiger partial charge in [-0.15, -0.1) is 0 Å². The average Bonchev–Trinajstić information content (AvgIpc) is 2.94. The molecule has 0 radical (unpaired) electrons. The standard InChI is InChI=1S/C18H22ClN3O2/c19-13-6-7-15-16(10-13)24-18(21-15)22-8-2-3-12(11-22)9-17(23)20-14-4-1-5-14/h6-7,10,12,14H,1-5,8-9,11H2,(H,20,23). The minimum Gasteiger partial charge on any atom is -0.423 e. The number of carbonyl (C=O) groups is 1. The summed E-state index contributed by atoms with van der Waals surface area (Å²) in [6.07, 6.45) is 6.24. The van der Waals surface area contributed by atoms with Gasteiger partial charge in [0, 0.05) is 36.6 Å². The van der Waals surface area contributed by atoms with E-state index in [-0.39, 0.29) is 5.91 Å². The molecule has 2 aromatic rings. The Balaban J connectivity index is 1.40. The van der Waals surface area contributed by atoms with E-state index in [4.69, 9.17) is 16.0 Å². The highest BCUT2D eigenvalue weighted by atomic mass is 35.5. The lowest BCUT2D eigenvalue weighted by atomic mass is 9.91. The van der Waals surface area contributed by atoms with Crippen LogP contribution in [-0.2, 0) is 4.79 Å². The molecule has 1 amide bonds. The molecule has 24 heavy (non-hydrogen) atoms. The number of nitrogens with zero attached hydrogens (tertiary/aromatic N) is 2. The fourth-order valence-corrected chi connectivity index (χ4v) is 3.69. The molecule has 1 saturated carbocycles. The zero-order valence-corrected chi connectivity index (χ0v) is 14.4. The Hall–Kier alpha value is -1.75. The molecule has 4 rings (SSSR count). The Kier molecular flexibility index (Phi) is 4.35.